The van der Waals surface area contributed by atoms with Crippen LogP contribution in [-0.4, -0.2) is 17.9 Å². The monoisotopic (exact) mass is 336 g/mol. The van der Waals surface area contributed by atoms with Gasteiger partial charge in [-0.05, 0) is 42.2 Å². The van der Waals surface area contributed by atoms with E-state index in [9.17, 15) is 9.59 Å². The smallest absolute Gasteiger partial charge is 0.251 e. The molecule has 0 unspecified atom stereocenters. The average molecular weight is 336 g/mol. The molecule has 2 heterocycles. The van der Waals surface area contributed by atoms with Crippen molar-refractivity contribution >= 4 is 23.6 Å². The van der Waals surface area contributed by atoms with Gasteiger partial charge >= 0.3 is 0 Å². The van der Waals surface area contributed by atoms with Gasteiger partial charge in [0, 0.05) is 24.1 Å². The van der Waals surface area contributed by atoms with Crippen LogP contribution in [0.1, 0.15) is 36.3 Å². The van der Waals surface area contributed by atoms with Gasteiger partial charge in [0.1, 0.15) is 17.6 Å². The van der Waals surface area contributed by atoms with E-state index in [1.807, 2.05) is 36.4 Å². The summed E-state index contributed by atoms with van der Waals surface area (Å²) < 4.78 is 5.79. The van der Waals surface area contributed by atoms with Crippen LogP contribution >= 0.6 is 0 Å². The van der Waals surface area contributed by atoms with Gasteiger partial charge in [0.05, 0.1) is 0 Å². The summed E-state index contributed by atoms with van der Waals surface area (Å²) in [7, 11) is 0. The van der Waals surface area contributed by atoms with Gasteiger partial charge in [0.25, 0.3) is 5.91 Å². The SMILES string of the molecule is C[C@@H]1C[C@H]1c1ccc(/C=C\C(=O)N2c3ccccc3C[C@H]2C(N)=O)o1. The number of para-hydroxylation sites is 1. The molecule has 5 heteroatoms. The number of nitrogens with zero attached hydrogens (tertiary/aromatic N) is 1. The lowest BCUT2D eigenvalue weighted by molar-refractivity contribution is -0.122. The molecule has 1 aliphatic heterocycles. The summed E-state index contributed by atoms with van der Waals surface area (Å²) in [6, 6.07) is 10.7. The van der Waals surface area contributed by atoms with Crippen molar-refractivity contribution in [2.75, 3.05) is 4.90 Å². The molecule has 25 heavy (non-hydrogen) atoms. The molecule has 1 aromatic carbocycles. The van der Waals surface area contributed by atoms with Crippen molar-refractivity contribution in [2.45, 2.75) is 31.7 Å². The van der Waals surface area contributed by atoms with Gasteiger partial charge in [-0.1, -0.05) is 25.1 Å². The maximum absolute atomic E-state index is 12.7. The van der Waals surface area contributed by atoms with Crippen molar-refractivity contribution in [1.82, 2.24) is 0 Å². The first kappa shape index (κ1) is 15.7. The Hall–Kier alpha value is -2.82. The second-order valence-corrected chi connectivity index (χ2v) is 6.85. The van der Waals surface area contributed by atoms with E-state index in [4.69, 9.17) is 10.2 Å². The number of rotatable bonds is 4. The van der Waals surface area contributed by atoms with Gasteiger partial charge in [-0.15, -0.1) is 0 Å². The number of furan rings is 1. The Kier molecular flexibility index (Phi) is 3.71. The van der Waals surface area contributed by atoms with Crippen LogP contribution < -0.4 is 10.6 Å². The van der Waals surface area contributed by atoms with Crippen molar-refractivity contribution in [3.63, 3.8) is 0 Å². The normalized spacial score (nSPS) is 24.5. The molecule has 2 amide bonds. The highest BCUT2D eigenvalue weighted by Gasteiger charge is 2.37. The molecule has 1 aliphatic carbocycles. The minimum absolute atomic E-state index is 0.272. The van der Waals surface area contributed by atoms with Gasteiger partial charge in [-0.2, -0.15) is 0 Å². The number of benzene rings is 1. The van der Waals surface area contributed by atoms with Crippen LogP contribution in [0, 0.1) is 5.92 Å². The molecule has 1 fully saturated rings. The summed E-state index contributed by atoms with van der Waals surface area (Å²) in [5, 5.41) is 0. The number of anilines is 1. The molecule has 1 aromatic heterocycles. The summed E-state index contributed by atoms with van der Waals surface area (Å²) in [5.41, 5.74) is 7.19. The zero-order chi connectivity index (χ0) is 17.6. The fraction of sp³-hybridized carbons (Fsp3) is 0.300. The molecule has 5 nitrogen and oxygen atoms in total. The maximum Gasteiger partial charge on any atom is 0.251 e. The number of fused-ring (bicyclic) bond motifs is 1. The van der Waals surface area contributed by atoms with E-state index in [0.29, 0.717) is 24.0 Å². The van der Waals surface area contributed by atoms with Crippen LogP contribution in [0.25, 0.3) is 6.08 Å². The molecule has 0 saturated heterocycles. The minimum atomic E-state index is -0.644. The Balaban J connectivity index is 1.55. The topological polar surface area (TPSA) is 76.5 Å². The predicted octanol–water partition coefficient (Wildman–Crippen LogP) is 2.86. The summed E-state index contributed by atoms with van der Waals surface area (Å²) in [4.78, 5) is 25.9. The Morgan fingerprint density at radius 2 is 2.00 bits per heavy atom. The molecule has 3 atom stereocenters. The molecule has 2 N–H and O–H groups in total. The van der Waals surface area contributed by atoms with Crippen molar-refractivity contribution < 1.29 is 14.0 Å². The quantitative estimate of drug-likeness (QED) is 0.872. The number of amides is 2. The number of carbonyl (C=O) groups is 2. The van der Waals surface area contributed by atoms with E-state index in [-0.39, 0.29) is 5.91 Å². The van der Waals surface area contributed by atoms with E-state index < -0.39 is 11.9 Å². The summed E-state index contributed by atoms with van der Waals surface area (Å²) in [6.07, 6.45) is 4.70. The van der Waals surface area contributed by atoms with Crippen LogP contribution in [-0.2, 0) is 16.0 Å². The van der Waals surface area contributed by atoms with E-state index >= 15 is 0 Å². The lowest BCUT2D eigenvalue weighted by Gasteiger charge is -2.21. The molecular formula is C20H20N2O3. The first-order valence-corrected chi connectivity index (χ1v) is 8.53. The Morgan fingerprint density at radius 1 is 1.24 bits per heavy atom. The second-order valence-electron chi connectivity index (χ2n) is 6.85. The Labute approximate surface area is 146 Å². The van der Waals surface area contributed by atoms with Gasteiger partial charge < -0.3 is 10.2 Å². The lowest BCUT2D eigenvalue weighted by atomic mass is 10.1. The average Bonchev–Trinajstić information content (AvgIpc) is 3.03. The summed E-state index contributed by atoms with van der Waals surface area (Å²) in [5.74, 6) is 2.02. The number of hydrogen-bond donors (Lipinski definition) is 1. The molecule has 4 rings (SSSR count). The fourth-order valence-electron chi connectivity index (χ4n) is 3.50. The molecule has 1 saturated carbocycles. The molecular weight excluding hydrogens is 316 g/mol. The first-order valence-electron chi connectivity index (χ1n) is 8.53. The van der Waals surface area contributed by atoms with E-state index in [2.05, 4.69) is 6.92 Å². The molecule has 0 radical (unpaired) electrons. The van der Waals surface area contributed by atoms with Crippen molar-refractivity contribution in [3.8, 4) is 0 Å². The summed E-state index contributed by atoms with van der Waals surface area (Å²) >= 11 is 0. The van der Waals surface area contributed by atoms with Crippen LogP contribution in [0.15, 0.2) is 46.9 Å². The maximum atomic E-state index is 12.7. The van der Waals surface area contributed by atoms with Gasteiger partial charge in [0.2, 0.25) is 5.91 Å². The number of primary amides is 1. The molecule has 0 spiro atoms. The van der Waals surface area contributed by atoms with Crippen LogP contribution in [0.3, 0.4) is 0 Å². The Bertz CT molecular complexity index is 867. The number of carbonyl (C=O) groups excluding carboxylic acids is 2. The second kappa shape index (κ2) is 5.92. The zero-order valence-electron chi connectivity index (χ0n) is 14.0. The molecule has 2 aromatic rings. The Morgan fingerprint density at radius 3 is 2.72 bits per heavy atom. The largest absolute Gasteiger partial charge is 0.461 e. The standard InChI is InChI=1S/C20H20N2O3/c1-12-10-15(12)18-8-6-14(25-18)7-9-19(23)22-16-5-3-2-4-13(16)11-17(22)20(21)24/h2-9,12,15,17H,10-11H2,1H3,(H2,21,24)/b9-7-/t12-,15-,17+/m1/s1. The van der Waals surface area contributed by atoms with Gasteiger partial charge in [-0.3, -0.25) is 14.5 Å². The third-order valence-corrected chi connectivity index (χ3v) is 5.05. The fourth-order valence-corrected chi connectivity index (χ4v) is 3.50. The van der Waals surface area contributed by atoms with E-state index in [1.165, 1.54) is 11.0 Å². The van der Waals surface area contributed by atoms with Crippen LogP contribution in [0.5, 0.6) is 0 Å². The van der Waals surface area contributed by atoms with Gasteiger partial charge in [-0.25, -0.2) is 0 Å². The van der Waals surface area contributed by atoms with Gasteiger partial charge in [0.15, 0.2) is 0 Å². The number of nitrogens with two attached hydrogens (primary N) is 1. The van der Waals surface area contributed by atoms with E-state index in [0.717, 1.165) is 23.4 Å². The zero-order valence-corrected chi connectivity index (χ0v) is 14.0. The molecule has 128 valence electrons. The van der Waals surface area contributed by atoms with Crippen molar-refractivity contribution in [1.29, 1.82) is 0 Å². The minimum Gasteiger partial charge on any atom is -0.461 e. The van der Waals surface area contributed by atoms with E-state index in [1.54, 1.807) is 6.08 Å². The predicted molar refractivity (Wildman–Crippen MR) is 94.9 cm³/mol. The number of hydrogen-bond acceptors (Lipinski definition) is 3. The van der Waals surface area contributed by atoms with Crippen molar-refractivity contribution in [3.05, 3.63) is 59.6 Å². The lowest BCUT2D eigenvalue weighted by Crippen LogP contribution is -2.45. The highest BCUT2D eigenvalue weighted by molar-refractivity contribution is 6.09. The highest BCUT2D eigenvalue weighted by atomic mass is 16.3. The highest BCUT2D eigenvalue weighted by Crippen LogP contribution is 2.47. The van der Waals surface area contributed by atoms with Crippen LogP contribution in [0.4, 0.5) is 5.69 Å². The molecule has 2 aliphatic rings. The summed E-state index contributed by atoms with van der Waals surface area (Å²) in [6.45, 7) is 2.20. The van der Waals surface area contributed by atoms with Crippen LogP contribution in [0.2, 0.25) is 0 Å². The third kappa shape index (κ3) is 2.86. The molecule has 0 bridgehead atoms. The first-order chi connectivity index (χ1) is 12.0. The third-order valence-electron chi connectivity index (χ3n) is 5.05. The van der Waals surface area contributed by atoms with Crippen molar-refractivity contribution in [2.24, 2.45) is 11.7 Å².